The van der Waals surface area contributed by atoms with Crippen LogP contribution in [-0.2, 0) is 20.9 Å². The van der Waals surface area contributed by atoms with E-state index >= 15 is 0 Å². The third kappa shape index (κ3) is 3.27. The molecule has 0 aromatic carbocycles. The minimum absolute atomic E-state index is 0.0752. The Kier molecular flexibility index (Phi) is 4.79. The van der Waals surface area contributed by atoms with Gasteiger partial charge in [0, 0.05) is 38.0 Å². The van der Waals surface area contributed by atoms with Crippen molar-refractivity contribution in [3.63, 3.8) is 0 Å². The molecule has 0 radical (unpaired) electrons. The van der Waals surface area contributed by atoms with E-state index in [2.05, 4.69) is 22.1 Å². The van der Waals surface area contributed by atoms with Gasteiger partial charge in [-0.05, 0) is 25.0 Å². The molecule has 1 N–H and O–H groups in total. The van der Waals surface area contributed by atoms with Crippen molar-refractivity contribution in [2.75, 3.05) is 37.0 Å². The SMILES string of the molecule is C[C@@]12CCC(=O)N1[C@@H](C(=O)NCc1ccc(N3CCOCC3)nc1)CS2. The molecule has 3 fully saturated rings. The van der Waals surface area contributed by atoms with Crippen LogP contribution in [0.2, 0.25) is 0 Å². The molecular formula is C18H24N4O3S. The lowest BCUT2D eigenvalue weighted by Gasteiger charge is -2.29. The first-order valence-electron chi connectivity index (χ1n) is 9.08. The number of hydrogen-bond donors (Lipinski definition) is 1. The maximum Gasteiger partial charge on any atom is 0.243 e. The van der Waals surface area contributed by atoms with E-state index in [4.69, 9.17) is 4.74 Å². The number of fused-ring (bicyclic) bond motifs is 1. The van der Waals surface area contributed by atoms with Crippen molar-refractivity contribution >= 4 is 29.4 Å². The standard InChI is InChI=1S/C18H24N4O3S/c1-18-5-4-16(23)22(18)14(12-26-18)17(24)20-11-13-2-3-15(19-10-13)21-6-8-25-9-7-21/h2-3,10,14H,4-9,11-12H2,1H3,(H,20,24)/t14-,18-/m1/s1. The van der Waals surface area contributed by atoms with Gasteiger partial charge < -0.3 is 19.9 Å². The number of ether oxygens (including phenoxy) is 1. The third-order valence-electron chi connectivity index (χ3n) is 5.36. The average Bonchev–Trinajstić information content (AvgIpc) is 3.17. The highest BCUT2D eigenvalue weighted by molar-refractivity contribution is 8.01. The van der Waals surface area contributed by atoms with Gasteiger partial charge in [-0.1, -0.05) is 6.07 Å². The Bertz CT molecular complexity index is 692. The molecule has 3 aliphatic rings. The number of carbonyl (C=O) groups excluding carboxylic acids is 2. The third-order valence-corrected chi connectivity index (χ3v) is 6.86. The number of anilines is 1. The highest BCUT2D eigenvalue weighted by Gasteiger charge is 2.52. The van der Waals surface area contributed by atoms with Crippen LogP contribution in [0.1, 0.15) is 25.3 Å². The van der Waals surface area contributed by atoms with Crippen LogP contribution in [0.4, 0.5) is 5.82 Å². The Morgan fingerprint density at radius 3 is 2.96 bits per heavy atom. The van der Waals surface area contributed by atoms with Crippen molar-refractivity contribution in [1.29, 1.82) is 0 Å². The van der Waals surface area contributed by atoms with Crippen LogP contribution < -0.4 is 10.2 Å². The Balaban J connectivity index is 1.34. The summed E-state index contributed by atoms with van der Waals surface area (Å²) in [6.07, 6.45) is 3.17. The van der Waals surface area contributed by atoms with Gasteiger partial charge in [0.1, 0.15) is 11.9 Å². The molecule has 26 heavy (non-hydrogen) atoms. The number of pyridine rings is 1. The Morgan fingerprint density at radius 2 is 2.23 bits per heavy atom. The molecule has 2 atom stereocenters. The van der Waals surface area contributed by atoms with Crippen molar-refractivity contribution in [2.24, 2.45) is 0 Å². The molecule has 3 saturated heterocycles. The molecule has 0 unspecified atom stereocenters. The van der Waals surface area contributed by atoms with Crippen molar-refractivity contribution < 1.29 is 14.3 Å². The fraction of sp³-hybridized carbons (Fsp3) is 0.611. The number of carbonyl (C=O) groups is 2. The zero-order valence-electron chi connectivity index (χ0n) is 14.9. The van der Waals surface area contributed by atoms with E-state index in [1.807, 2.05) is 12.1 Å². The number of morpholine rings is 1. The van der Waals surface area contributed by atoms with Crippen molar-refractivity contribution in [2.45, 2.75) is 37.2 Å². The van der Waals surface area contributed by atoms with Crippen LogP contribution in [0.3, 0.4) is 0 Å². The minimum atomic E-state index is -0.361. The van der Waals surface area contributed by atoms with Crippen LogP contribution in [0.5, 0.6) is 0 Å². The molecule has 0 bridgehead atoms. The molecular weight excluding hydrogens is 352 g/mol. The van der Waals surface area contributed by atoms with E-state index in [0.717, 1.165) is 44.1 Å². The number of aromatic nitrogens is 1. The second-order valence-electron chi connectivity index (χ2n) is 7.11. The molecule has 2 amide bonds. The summed E-state index contributed by atoms with van der Waals surface area (Å²) in [7, 11) is 0. The number of hydrogen-bond acceptors (Lipinski definition) is 6. The van der Waals surface area contributed by atoms with Crippen LogP contribution in [0, 0.1) is 0 Å². The first-order valence-corrected chi connectivity index (χ1v) is 10.1. The lowest BCUT2D eigenvalue weighted by atomic mass is 10.2. The maximum atomic E-state index is 12.6. The van der Waals surface area contributed by atoms with E-state index in [1.165, 1.54) is 0 Å². The van der Waals surface area contributed by atoms with Crippen molar-refractivity contribution in [1.82, 2.24) is 15.2 Å². The second kappa shape index (κ2) is 7.08. The molecule has 0 aliphatic carbocycles. The van der Waals surface area contributed by atoms with Crippen molar-refractivity contribution in [3.05, 3.63) is 23.9 Å². The van der Waals surface area contributed by atoms with Gasteiger partial charge in [0.05, 0.1) is 18.1 Å². The van der Waals surface area contributed by atoms with Gasteiger partial charge in [-0.2, -0.15) is 0 Å². The highest BCUT2D eigenvalue weighted by atomic mass is 32.2. The minimum Gasteiger partial charge on any atom is -0.378 e. The van der Waals surface area contributed by atoms with Crippen molar-refractivity contribution in [3.8, 4) is 0 Å². The quantitative estimate of drug-likeness (QED) is 0.845. The summed E-state index contributed by atoms with van der Waals surface area (Å²) >= 11 is 1.71. The van der Waals surface area contributed by atoms with Gasteiger partial charge >= 0.3 is 0 Å². The van der Waals surface area contributed by atoms with E-state index in [1.54, 1.807) is 22.9 Å². The predicted octanol–water partition coefficient (Wildman–Crippen LogP) is 0.988. The average molecular weight is 376 g/mol. The van der Waals surface area contributed by atoms with Gasteiger partial charge in [0.15, 0.2) is 0 Å². The second-order valence-corrected chi connectivity index (χ2v) is 8.61. The normalized spacial score (nSPS) is 28.3. The summed E-state index contributed by atoms with van der Waals surface area (Å²) in [6, 6.07) is 3.62. The summed E-state index contributed by atoms with van der Waals surface area (Å²) < 4.78 is 5.36. The van der Waals surface area contributed by atoms with Crippen LogP contribution in [0.15, 0.2) is 18.3 Å². The smallest absolute Gasteiger partial charge is 0.243 e. The van der Waals surface area contributed by atoms with Crippen LogP contribution in [0.25, 0.3) is 0 Å². The number of rotatable bonds is 4. The van der Waals surface area contributed by atoms with E-state index in [0.29, 0.717) is 18.7 Å². The monoisotopic (exact) mass is 376 g/mol. The Labute approximate surface area is 157 Å². The van der Waals surface area contributed by atoms with E-state index < -0.39 is 0 Å². The number of nitrogens with one attached hydrogen (secondary N) is 1. The molecule has 4 heterocycles. The molecule has 140 valence electrons. The maximum absolute atomic E-state index is 12.6. The zero-order valence-corrected chi connectivity index (χ0v) is 15.8. The fourth-order valence-electron chi connectivity index (χ4n) is 3.82. The van der Waals surface area contributed by atoms with Gasteiger partial charge in [-0.3, -0.25) is 9.59 Å². The van der Waals surface area contributed by atoms with Crippen LogP contribution >= 0.6 is 11.8 Å². The molecule has 1 aromatic heterocycles. The molecule has 1 aromatic rings. The molecule has 3 aliphatic heterocycles. The summed E-state index contributed by atoms with van der Waals surface area (Å²) in [6.45, 7) is 5.65. The van der Waals surface area contributed by atoms with Gasteiger partial charge in [0.2, 0.25) is 11.8 Å². The molecule has 4 rings (SSSR count). The summed E-state index contributed by atoms with van der Waals surface area (Å²) in [5.74, 6) is 1.62. The van der Waals surface area contributed by atoms with Gasteiger partial charge in [0.25, 0.3) is 0 Å². The fourth-order valence-corrected chi connectivity index (χ4v) is 5.25. The number of thioether (sulfide) groups is 1. The summed E-state index contributed by atoms with van der Waals surface area (Å²) in [5, 5.41) is 2.97. The summed E-state index contributed by atoms with van der Waals surface area (Å²) in [5.41, 5.74) is 0.955. The highest BCUT2D eigenvalue weighted by Crippen LogP contribution is 2.47. The Morgan fingerprint density at radius 1 is 1.42 bits per heavy atom. The van der Waals surface area contributed by atoms with E-state index in [9.17, 15) is 9.59 Å². The lowest BCUT2D eigenvalue weighted by molar-refractivity contribution is -0.138. The topological polar surface area (TPSA) is 74.8 Å². The zero-order chi connectivity index (χ0) is 18.1. The molecule has 0 spiro atoms. The first kappa shape index (κ1) is 17.6. The largest absolute Gasteiger partial charge is 0.378 e. The Hall–Kier alpha value is -1.80. The van der Waals surface area contributed by atoms with E-state index in [-0.39, 0.29) is 22.7 Å². The van der Waals surface area contributed by atoms with Crippen LogP contribution in [-0.4, -0.2) is 64.7 Å². The predicted molar refractivity (Wildman–Crippen MR) is 99.8 cm³/mol. The van der Waals surface area contributed by atoms with Gasteiger partial charge in [-0.25, -0.2) is 4.98 Å². The first-order chi connectivity index (χ1) is 12.6. The molecule has 7 nitrogen and oxygen atoms in total. The van der Waals surface area contributed by atoms with Gasteiger partial charge in [-0.15, -0.1) is 11.8 Å². The lowest BCUT2D eigenvalue weighted by Crippen LogP contribution is -2.49. The molecule has 0 saturated carbocycles. The molecule has 8 heteroatoms. The summed E-state index contributed by atoms with van der Waals surface area (Å²) in [4.78, 5) is 33.0. The number of amides is 2. The number of nitrogens with zero attached hydrogens (tertiary/aromatic N) is 3.